The lowest BCUT2D eigenvalue weighted by atomic mass is 9.92. The molecule has 1 aliphatic rings. The Labute approximate surface area is 136 Å². The van der Waals surface area contributed by atoms with E-state index in [0.29, 0.717) is 18.5 Å². The summed E-state index contributed by atoms with van der Waals surface area (Å²) >= 11 is 0. The number of nitrogens with zero attached hydrogens (tertiary/aromatic N) is 1. The summed E-state index contributed by atoms with van der Waals surface area (Å²) in [5.74, 6) is -0.359. The molecule has 1 aliphatic heterocycles. The molecule has 1 heterocycles. The van der Waals surface area contributed by atoms with Gasteiger partial charge in [0.2, 0.25) is 0 Å². The zero-order valence-corrected chi connectivity index (χ0v) is 14.0. The van der Waals surface area contributed by atoms with E-state index in [4.69, 9.17) is 9.47 Å². The predicted molar refractivity (Wildman–Crippen MR) is 84.1 cm³/mol. The number of benzene rings is 1. The fourth-order valence-electron chi connectivity index (χ4n) is 2.61. The lowest BCUT2D eigenvalue weighted by molar-refractivity contribution is -0.150. The molecule has 6 heteroatoms. The number of esters is 1. The standard InChI is InChI=1S/C17H23NO5/c1-5-22-15(20)14-13-7-6-12(19)10-11(13)8-9-18(14)16(21)23-17(2,3)4/h6-7,10,14,19H,5,8-9H2,1-4H3/t14-/m0/s1. The van der Waals surface area contributed by atoms with Gasteiger partial charge in [-0.15, -0.1) is 0 Å². The van der Waals surface area contributed by atoms with Crippen molar-refractivity contribution in [2.75, 3.05) is 13.2 Å². The van der Waals surface area contributed by atoms with Crippen LogP contribution in [-0.2, 0) is 20.7 Å². The summed E-state index contributed by atoms with van der Waals surface area (Å²) < 4.78 is 10.5. The van der Waals surface area contributed by atoms with Crippen molar-refractivity contribution in [3.05, 3.63) is 29.3 Å². The van der Waals surface area contributed by atoms with E-state index in [1.165, 1.54) is 11.0 Å². The van der Waals surface area contributed by atoms with Crippen LogP contribution in [0, 0.1) is 0 Å². The second-order valence-electron chi connectivity index (χ2n) is 6.46. The topological polar surface area (TPSA) is 76.1 Å². The molecule has 1 aromatic rings. The first-order valence-corrected chi connectivity index (χ1v) is 7.71. The van der Waals surface area contributed by atoms with E-state index in [9.17, 15) is 14.7 Å². The van der Waals surface area contributed by atoms with Crippen LogP contribution in [0.4, 0.5) is 4.79 Å². The molecule has 0 unspecified atom stereocenters. The van der Waals surface area contributed by atoms with Gasteiger partial charge in [-0.05, 0) is 57.4 Å². The number of ether oxygens (including phenoxy) is 2. The number of phenolic OH excluding ortho intramolecular Hbond substituents is 1. The van der Waals surface area contributed by atoms with Crippen molar-refractivity contribution in [1.82, 2.24) is 4.90 Å². The smallest absolute Gasteiger partial charge is 0.411 e. The van der Waals surface area contributed by atoms with Crippen molar-refractivity contribution in [2.24, 2.45) is 0 Å². The SMILES string of the molecule is CCOC(=O)[C@@H]1c2ccc(O)cc2CCN1C(=O)OC(C)(C)C. The lowest BCUT2D eigenvalue weighted by Crippen LogP contribution is -2.46. The lowest BCUT2D eigenvalue weighted by Gasteiger charge is -2.36. The summed E-state index contributed by atoms with van der Waals surface area (Å²) in [6.07, 6.45) is -0.00641. The maximum absolute atomic E-state index is 12.5. The number of hydrogen-bond acceptors (Lipinski definition) is 5. The second-order valence-corrected chi connectivity index (χ2v) is 6.46. The zero-order valence-electron chi connectivity index (χ0n) is 14.0. The Morgan fingerprint density at radius 1 is 1.35 bits per heavy atom. The zero-order chi connectivity index (χ0) is 17.2. The number of aromatic hydroxyl groups is 1. The highest BCUT2D eigenvalue weighted by Crippen LogP contribution is 2.33. The van der Waals surface area contributed by atoms with Gasteiger partial charge in [0.15, 0.2) is 6.04 Å². The van der Waals surface area contributed by atoms with Crippen molar-refractivity contribution in [3.8, 4) is 5.75 Å². The largest absolute Gasteiger partial charge is 0.508 e. The maximum Gasteiger partial charge on any atom is 0.411 e. The molecule has 0 saturated heterocycles. The average Bonchev–Trinajstić information content (AvgIpc) is 2.44. The molecule has 1 aromatic carbocycles. The second kappa shape index (κ2) is 6.48. The van der Waals surface area contributed by atoms with Crippen molar-refractivity contribution < 1.29 is 24.2 Å². The van der Waals surface area contributed by atoms with Gasteiger partial charge in [-0.2, -0.15) is 0 Å². The van der Waals surface area contributed by atoms with Crippen LogP contribution >= 0.6 is 0 Å². The number of phenols is 1. The molecular formula is C17H23NO5. The first-order chi connectivity index (χ1) is 10.7. The van der Waals surface area contributed by atoms with E-state index in [2.05, 4.69) is 0 Å². The molecule has 0 bridgehead atoms. The number of hydrogen-bond donors (Lipinski definition) is 1. The summed E-state index contributed by atoms with van der Waals surface area (Å²) in [6, 6.07) is 3.93. The first kappa shape index (κ1) is 17.1. The van der Waals surface area contributed by atoms with Gasteiger partial charge >= 0.3 is 12.1 Å². The van der Waals surface area contributed by atoms with E-state index >= 15 is 0 Å². The third-order valence-corrected chi connectivity index (χ3v) is 3.49. The van der Waals surface area contributed by atoms with Gasteiger partial charge in [0.25, 0.3) is 0 Å². The molecule has 1 N–H and O–H groups in total. The van der Waals surface area contributed by atoms with Crippen molar-refractivity contribution >= 4 is 12.1 Å². The molecular weight excluding hydrogens is 298 g/mol. The normalized spacial score (nSPS) is 17.4. The van der Waals surface area contributed by atoms with Crippen LogP contribution in [0.3, 0.4) is 0 Å². The Bertz CT molecular complexity index is 605. The van der Waals surface area contributed by atoms with Crippen LogP contribution in [0.1, 0.15) is 44.9 Å². The molecule has 6 nitrogen and oxygen atoms in total. The van der Waals surface area contributed by atoms with Gasteiger partial charge < -0.3 is 14.6 Å². The van der Waals surface area contributed by atoms with E-state index in [0.717, 1.165) is 5.56 Å². The molecule has 0 aromatic heterocycles. The summed E-state index contributed by atoms with van der Waals surface area (Å²) in [6.45, 7) is 7.61. The Hall–Kier alpha value is -2.24. The van der Waals surface area contributed by atoms with Crippen molar-refractivity contribution in [1.29, 1.82) is 0 Å². The van der Waals surface area contributed by atoms with Crippen LogP contribution in [0.25, 0.3) is 0 Å². The molecule has 1 atom stereocenters. The molecule has 23 heavy (non-hydrogen) atoms. The fourth-order valence-corrected chi connectivity index (χ4v) is 2.61. The van der Waals surface area contributed by atoms with Crippen LogP contribution in [0.5, 0.6) is 5.75 Å². The van der Waals surface area contributed by atoms with Gasteiger partial charge in [-0.25, -0.2) is 9.59 Å². The Morgan fingerprint density at radius 2 is 2.04 bits per heavy atom. The Morgan fingerprint density at radius 3 is 2.65 bits per heavy atom. The van der Waals surface area contributed by atoms with Crippen LogP contribution in [0.15, 0.2) is 18.2 Å². The van der Waals surface area contributed by atoms with E-state index in [1.54, 1.807) is 39.8 Å². The summed E-state index contributed by atoms with van der Waals surface area (Å²) in [5, 5.41) is 9.62. The highest BCUT2D eigenvalue weighted by molar-refractivity contribution is 5.84. The molecule has 126 valence electrons. The molecule has 0 spiro atoms. The van der Waals surface area contributed by atoms with Gasteiger partial charge in [0, 0.05) is 6.54 Å². The first-order valence-electron chi connectivity index (χ1n) is 7.71. The Balaban J connectivity index is 2.37. The quantitative estimate of drug-likeness (QED) is 0.848. The van der Waals surface area contributed by atoms with Gasteiger partial charge in [-0.3, -0.25) is 4.90 Å². The highest BCUT2D eigenvalue weighted by Gasteiger charge is 2.39. The molecule has 0 aliphatic carbocycles. The summed E-state index contributed by atoms with van der Waals surface area (Å²) in [5.41, 5.74) is 0.854. The number of rotatable bonds is 2. The number of carbonyl (C=O) groups excluding carboxylic acids is 2. The maximum atomic E-state index is 12.5. The van der Waals surface area contributed by atoms with Crippen molar-refractivity contribution in [2.45, 2.75) is 45.8 Å². The molecule has 2 rings (SSSR count). The van der Waals surface area contributed by atoms with Gasteiger partial charge in [0.1, 0.15) is 11.4 Å². The van der Waals surface area contributed by atoms with E-state index in [-0.39, 0.29) is 12.4 Å². The van der Waals surface area contributed by atoms with Gasteiger partial charge in [0.05, 0.1) is 6.61 Å². The molecule has 1 amide bonds. The average molecular weight is 321 g/mol. The number of amides is 1. The monoisotopic (exact) mass is 321 g/mol. The highest BCUT2D eigenvalue weighted by atomic mass is 16.6. The van der Waals surface area contributed by atoms with E-state index < -0.39 is 23.7 Å². The number of fused-ring (bicyclic) bond motifs is 1. The van der Waals surface area contributed by atoms with E-state index in [1.807, 2.05) is 0 Å². The fraction of sp³-hybridized carbons (Fsp3) is 0.529. The van der Waals surface area contributed by atoms with Crippen LogP contribution < -0.4 is 0 Å². The van der Waals surface area contributed by atoms with Crippen LogP contribution in [-0.4, -0.2) is 40.8 Å². The number of carbonyl (C=O) groups is 2. The Kier molecular flexibility index (Phi) is 4.82. The minimum Gasteiger partial charge on any atom is -0.508 e. The third-order valence-electron chi connectivity index (χ3n) is 3.49. The molecule has 0 radical (unpaired) electrons. The predicted octanol–water partition coefficient (Wildman–Crippen LogP) is 2.79. The molecule has 0 saturated carbocycles. The minimum absolute atomic E-state index is 0.136. The van der Waals surface area contributed by atoms with Gasteiger partial charge in [-0.1, -0.05) is 6.07 Å². The van der Waals surface area contributed by atoms with Crippen molar-refractivity contribution in [3.63, 3.8) is 0 Å². The summed E-state index contributed by atoms with van der Waals surface area (Å²) in [4.78, 5) is 26.2. The minimum atomic E-state index is -0.853. The van der Waals surface area contributed by atoms with Crippen LogP contribution in [0.2, 0.25) is 0 Å². The molecule has 0 fully saturated rings. The third kappa shape index (κ3) is 3.94. The summed E-state index contributed by atoms with van der Waals surface area (Å²) in [7, 11) is 0.